The Bertz CT molecular complexity index is 765. The zero-order valence-electron chi connectivity index (χ0n) is 17.1. The summed E-state index contributed by atoms with van der Waals surface area (Å²) in [5.41, 5.74) is -1.04. The van der Waals surface area contributed by atoms with Crippen LogP contribution in [0.4, 0.5) is 0 Å². The van der Waals surface area contributed by atoms with Gasteiger partial charge in [-0.25, -0.2) is 0 Å². The molecule has 3 N–H and O–H groups in total. The normalized spacial score (nSPS) is 50.2. The molecule has 3 saturated carbocycles. The van der Waals surface area contributed by atoms with Gasteiger partial charge in [0.05, 0.1) is 0 Å². The van der Waals surface area contributed by atoms with Crippen LogP contribution in [-0.2, 0) is 9.53 Å². The smallest absolute Gasteiger partial charge is 0.303 e. The van der Waals surface area contributed by atoms with Crippen LogP contribution in [0.2, 0.25) is 0 Å². The van der Waals surface area contributed by atoms with Crippen LogP contribution in [0.3, 0.4) is 0 Å². The average molecular weight is 389 g/mol. The first-order chi connectivity index (χ1) is 13.1. The van der Waals surface area contributed by atoms with E-state index in [-0.39, 0.29) is 17.1 Å². The zero-order valence-corrected chi connectivity index (χ0v) is 17.1. The SMILES string of the molecule is C#CC1(O)C(OC(C)=O)C[C@H]2[C@@H]3CCC4=C(O)C(O)CC[C@]4(C)[C@@H]3CC[C@@]21C. The van der Waals surface area contributed by atoms with Crippen LogP contribution in [-0.4, -0.2) is 39.1 Å². The molecule has 8 atom stereocenters. The lowest BCUT2D eigenvalue weighted by molar-refractivity contribution is -0.163. The molecular weight excluding hydrogens is 356 g/mol. The number of hydrogen-bond donors (Lipinski definition) is 3. The summed E-state index contributed by atoms with van der Waals surface area (Å²) in [7, 11) is 0. The first kappa shape index (κ1) is 19.8. The van der Waals surface area contributed by atoms with Crippen molar-refractivity contribution in [2.45, 2.75) is 83.5 Å². The van der Waals surface area contributed by atoms with Gasteiger partial charge in [-0.3, -0.25) is 4.79 Å². The molecule has 0 aromatic heterocycles. The minimum atomic E-state index is -1.45. The molecule has 4 aliphatic carbocycles. The van der Waals surface area contributed by atoms with Gasteiger partial charge in [-0.2, -0.15) is 0 Å². The molecule has 0 aliphatic heterocycles. The second kappa shape index (κ2) is 6.24. The molecule has 3 unspecified atom stereocenters. The first-order valence-corrected chi connectivity index (χ1v) is 10.6. The van der Waals surface area contributed by atoms with E-state index in [1.807, 2.05) is 0 Å². The van der Waals surface area contributed by atoms with Crippen molar-refractivity contribution in [3.05, 3.63) is 11.3 Å². The number of ether oxygens (including phenoxy) is 1. The fourth-order valence-electron chi connectivity index (χ4n) is 7.42. The van der Waals surface area contributed by atoms with Crippen molar-refractivity contribution in [2.75, 3.05) is 0 Å². The fourth-order valence-corrected chi connectivity index (χ4v) is 7.42. The van der Waals surface area contributed by atoms with Gasteiger partial charge < -0.3 is 20.1 Å². The zero-order chi connectivity index (χ0) is 20.5. The maximum atomic E-state index is 11.6. The Balaban J connectivity index is 1.71. The average Bonchev–Trinajstić information content (AvgIpc) is 2.86. The number of aliphatic hydroxyl groups excluding tert-OH is 2. The van der Waals surface area contributed by atoms with Crippen molar-refractivity contribution in [3.63, 3.8) is 0 Å². The molecule has 28 heavy (non-hydrogen) atoms. The number of esters is 1. The molecule has 5 nitrogen and oxygen atoms in total. The van der Waals surface area contributed by atoms with Crippen LogP contribution in [0.25, 0.3) is 0 Å². The van der Waals surface area contributed by atoms with Gasteiger partial charge in [-0.15, -0.1) is 6.42 Å². The Labute approximate surface area is 167 Å². The van der Waals surface area contributed by atoms with Gasteiger partial charge in [0, 0.05) is 12.3 Å². The van der Waals surface area contributed by atoms with Crippen LogP contribution >= 0.6 is 0 Å². The van der Waals surface area contributed by atoms with Crippen molar-refractivity contribution < 1.29 is 24.9 Å². The van der Waals surface area contributed by atoms with Crippen LogP contribution in [0, 0.1) is 40.9 Å². The summed E-state index contributed by atoms with van der Waals surface area (Å²) < 4.78 is 5.50. The van der Waals surface area contributed by atoms with E-state index in [4.69, 9.17) is 11.2 Å². The summed E-state index contributed by atoms with van der Waals surface area (Å²) in [6.45, 7) is 5.65. The summed E-state index contributed by atoms with van der Waals surface area (Å²) >= 11 is 0. The molecule has 0 spiro atoms. The number of carbonyl (C=O) groups is 1. The van der Waals surface area contributed by atoms with Crippen LogP contribution in [0.15, 0.2) is 11.3 Å². The van der Waals surface area contributed by atoms with Crippen LogP contribution < -0.4 is 0 Å². The van der Waals surface area contributed by atoms with Gasteiger partial charge in [-0.05, 0) is 73.7 Å². The van der Waals surface area contributed by atoms with Gasteiger partial charge in [0.25, 0.3) is 0 Å². The number of rotatable bonds is 1. The topological polar surface area (TPSA) is 87.0 Å². The van der Waals surface area contributed by atoms with Crippen molar-refractivity contribution in [1.82, 2.24) is 0 Å². The van der Waals surface area contributed by atoms with Crippen molar-refractivity contribution in [1.29, 1.82) is 0 Å². The van der Waals surface area contributed by atoms with Gasteiger partial charge in [0.15, 0.2) is 5.60 Å². The number of aliphatic hydroxyl groups is 3. The summed E-state index contributed by atoms with van der Waals surface area (Å²) in [5, 5.41) is 32.1. The summed E-state index contributed by atoms with van der Waals surface area (Å²) in [5.74, 6) is 3.28. The lowest BCUT2D eigenvalue weighted by atomic mass is 9.46. The summed E-state index contributed by atoms with van der Waals surface area (Å²) in [6.07, 6.45) is 9.78. The highest BCUT2D eigenvalue weighted by Crippen LogP contribution is 2.68. The molecule has 3 fully saturated rings. The predicted molar refractivity (Wildman–Crippen MR) is 104 cm³/mol. The Kier molecular flexibility index (Phi) is 4.41. The van der Waals surface area contributed by atoms with E-state index in [2.05, 4.69) is 19.8 Å². The lowest BCUT2D eigenvalue weighted by Gasteiger charge is -2.58. The summed E-state index contributed by atoms with van der Waals surface area (Å²) in [6, 6.07) is 0. The third kappa shape index (κ3) is 2.37. The summed E-state index contributed by atoms with van der Waals surface area (Å²) in [4.78, 5) is 11.6. The third-order valence-corrected chi connectivity index (χ3v) is 8.96. The van der Waals surface area contributed by atoms with E-state index in [0.717, 1.165) is 37.7 Å². The number of terminal acetylenes is 1. The van der Waals surface area contributed by atoms with E-state index in [1.165, 1.54) is 6.92 Å². The molecule has 0 heterocycles. The van der Waals surface area contributed by atoms with Gasteiger partial charge in [0.1, 0.15) is 18.0 Å². The maximum Gasteiger partial charge on any atom is 0.303 e. The van der Waals surface area contributed by atoms with E-state index in [1.54, 1.807) is 0 Å². The van der Waals surface area contributed by atoms with Crippen molar-refractivity contribution in [2.24, 2.45) is 28.6 Å². The highest BCUT2D eigenvalue weighted by Gasteiger charge is 2.68. The van der Waals surface area contributed by atoms with E-state index in [9.17, 15) is 20.1 Å². The minimum Gasteiger partial charge on any atom is -0.510 e. The van der Waals surface area contributed by atoms with Crippen LogP contribution in [0.1, 0.15) is 65.7 Å². The molecule has 0 amide bonds. The Morgan fingerprint density at radius 3 is 2.57 bits per heavy atom. The van der Waals surface area contributed by atoms with E-state index in [0.29, 0.717) is 24.7 Å². The van der Waals surface area contributed by atoms with Gasteiger partial charge in [-0.1, -0.05) is 19.8 Å². The maximum absolute atomic E-state index is 11.6. The van der Waals surface area contributed by atoms with E-state index >= 15 is 0 Å². The molecule has 0 aromatic carbocycles. The largest absolute Gasteiger partial charge is 0.510 e. The fraction of sp³-hybridized carbons (Fsp3) is 0.783. The second-order valence-corrected chi connectivity index (χ2v) is 9.95. The molecular formula is C23H32O5. The van der Waals surface area contributed by atoms with Crippen molar-refractivity contribution in [3.8, 4) is 12.3 Å². The van der Waals surface area contributed by atoms with Crippen molar-refractivity contribution >= 4 is 5.97 Å². The number of allylic oxidation sites excluding steroid dienone is 1. The Hall–Kier alpha value is -1.51. The molecule has 154 valence electrons. The quantitative estimate of drug-likeness (QED) is 0.475. The molecule has 0 aromatic rings. The number of hydrogen-bond acceptors (Lipinski definition) is 5. The predicted octanol–water partition coefficient (Wildman–Crippen LogP) is 3.10. The Morgan fingerprint density at radius 1 is 1.21 bits per heavy atom. The first-order valence-electron chi connectivity index (χ1n) is 10.6. The molecule has 0 saturated heterocycles. The second-order valence-electron chi connectivity index (χ2n) is 9.95. The Morgan fingerprint density at radius 2 is 1.93 bits per heavy atom. The van der Waals surface area contributed by atoms with Crippen LogP contribution in [0.5, 0.6) is 0 Å². The number of carbonyl (C=O) groups excluding carboxylic acids is 1. The molecule has 4 aliphatic rings. The lowest BCUT2D eigenvalue weighted by Crippen LogP contribution is -2.56. The third-order valence-electron chi connectivity index (χ3n) is 8.96. The minimum absolute atomic E-state index is 0.124. The molecule has 5 heteroatoms. The monoisotopic (exact) mass is 388 g/mol. The molecule has 0 radical (unpaired) electrons. The highest BCUT2D eigenvalue weighted by molar-refractivity contribution is 5.66. The van der Waals surface area contributed by atoms with E-state index < -0.39 is 29.2 Å². The van der Waals surface area contributed by atoms with Gasteiger partial charge in [0.2, 0.25) is 0 Å². The molecule has 0 bridgehead atoms. The van der Waals surface area contributed by atoms with Gasteiger partial charge >= 0.3 is 5.97 Å². The number of fused-ring (bicyclic) bond motifs is 5. The standard InChI is InChI=1S/C23H32O5/c1-5-23(27)19(28-13(2)24)12-17-14-6-7-16-20(26)18(25)9-10-21(16,3)15(14)8-11-22(17,23)4/h1,14-15,17-19,25-27H,6-12H2,2-4H3/t14-,15-,17+,18?,19?,21-,22+,23?/m1/s1. The molecule has 4 rings (SSSR count). The highest BCUT2D eigenvalue weighted by atomic mass is 16.6.